The van der Waals surface area contributed by atoms with Crippen molar-refractivity contribution in [3.63, 3.8) is 0 Å². The first-order valence-corrected chi connectivity index (χ1v) is 5.67. The molecule has 3 nitrogen and oxygen atoms in total. The molecule has 1 aromatic rings. The maximum atomic E-state index is 11.1. The second-order valence-electron chi connectivity index (χ2n) is 4.89. The Bertz CT molecular complexity index is 441. The van der Waals surface area contributed by atoms with Crippen LogP contribution in [0.4, 0.5) is 0 Å². The fraction of sp³-hybridized carbons (Fsp3) is 0.700. The molecule has 2 atom stereocenters. The highest BCUT2D eigenvalue weighted by molar-refractivity contribution is 7.80. The van der Waals surface area contributed by atoms with Gasteiger partial charge in [0.25, 0.3) is 0 Å². The first-order valence-electron chi connectivity index (χ1n) is 5.03. The number of thiol groups is 1. The van der Waals surface area contributed by atoms with Crippen LogP contribution < -0.4 is 5.76 Å². The van der Waals surface area contributed by atoms with Crippen LogP contribution in [0.25, 0.3) is 0 Å². The zero-order chi connectivity index (χ0) is 11.3. The molecule has 0 N–H and O–H groups in total. The lowest BCUT2D eigenvalue weighted by molar-refractivity contribution is 0.431. The highest BCUT2D eigenvalue weighted by atomic mass is 32.1. The molecule has 1 aliphatic heterocycles. The van der Waals surface area contributed by atoms with Crippen LogP contribution in [-0.2, 0) is 13.5 Å². The molecule has 0 spiro atoms. The van der Waals surface area contributed by atoms with E-state index in [9.17, 15) is 4.79 Å². The van der Waals surface area contributed by atoms with E-state index in [1.54, 1.807) is 13.2 Å². The third-order valence-corrected chi connectivity index (χ3v) is 4.23. The van der Waals surface area contributed by atoms with Crippen LogP contribution in [0.15, 0.2) is 15.4 Å². The molecule has 2 rings (SSSR count). The predicted octanol–water partition coefficient (Wildman–Crippen LogP) is 1.53. The molecule has 15 heavy (non-hydrogen) atoms. The fourth-order valence-electron chi connectivity index (χ4n) is 2.07. The van der Waals surface area contributed by atoms with Gasteiger partial charge in [-0.05, 0) is 5.75 Å². The summed E-state index contributed by atoms with van der Waals surface area (Å²) in [6, 6.07) is 0. The summed E-state index contributed by atoms with van der Waals surface area (Å²) in [6.45, 7) is 4.36. The maximum Gasteiger partial charge on any atom is 0.418 e. The molecule has 1 aliphatic rings. The second-order valence-corrected chi connectivity index (χ2v) is 5.20. The minimum atomic E-state index is -0.290. The van der Waals surface area contributed by atoms with E-state index in [0.29, 0.717) is 0 Å². The van der Waals surface area contributed by atoms with Crippen LogP contribution in [0.5, 0.6) is 0 Å². The van der Waals surface area contributed by atoms with Crippen molar-refractivity contribution in [3.8, 4) is 0 Å². The second kappa shape index (κ2) is 3.21. The first kappa shape index (κ1) is 10.9. The van der Waals surface area contributed by atoms with Gasteiger partial charge in [-0.25, -0.2) is 4.79 Å². The van der Waals surface area contributed by atoms with Gasteiger partial charge in [0, 0.05) is 19.7 Å². The summed E-state index contributed by atoms with van der Waals surface area (Å²) in [7, 11) is 3.98. The van der Waals surface area contributed by atoms with Gasteiger partial charge in [-0.1, -0.05) is 24.5 Å². The summed E-state index contributed by atoms with van der Waals surface area (Å²) in [5.41, 5.74) is 0. The Kier molecular flexibility index (Phi) is 2.34. The molecule has 81 valence electrons. The summed E-state index contributed by atoms with van der Waals surface area (Å²) >= 11 is 4.34. The molecule has 2 heterocycles. The Morgan fingerprint density at radius 1 is 1.53 bits per heavy atom. The van der Waals surface area contributed by atoms with E-state index >= 15 is 0 Å². The minimum absolute atomic E-state index is 0.117. The van der Waals surface area contributed by atoms with E-state index in [1.165, 1.54) is 4.57 Å². The van der Waals surface area contributed by atoms with Crippen molar-refractivity contribution >= 4 is 19.9 Å². The molecule has 2 unspecified atom stereocenters. The van der Waals surface area contributed by atoms with Gasteiger partial charge < -0.3 is 4.42 Å². The van der Waals surface area contributed by atoms with Crippen molar-refractivity contribution in [3.05, 3.63) is 22.5 Å². The van der Waals surface area contributed by atoms with Gasteiger partial charge in [0.15, 0.2) is 0 Å². The Morgan fingerprint density at radius 3 is 2.60 bits per heavy atom. The summed E-state index contributed by atoms with van der Waals surface area (Å²) in [6.07, 6.45) is 2.54. The highest BCUT2D eigenvalue weighted by Gasteiger charge is 2.60. The molecule has 0 saturated carbocycles. The average molecular weight is 224 g/mol. The van der Waals surface area contributed by atoms with E-state index in [-0.39, 0.29) is 16.4 Å². The SMILES string of the molecule is Cn1cc(CC2(C)[B]C2(C)CS)oc1=O. The molecular formula is C10H15BNO2S. The Balaban J connectivity index is 2.14. The van der Waals surface area contributed by atoms with Crippen molar-refractivity contribution in [1.29, 1.82) is 0 Å². The minimum Gasteiger partial charge on any atom is -0.413 e. The number of nitrogens with zero attached hydrogens (tertiary/aromatic N) is 1. The third-order valence-electron chi connectivity index (χ3n) is 3.57. The number of hydrogen-bond donors (Lipinski definition) is 1. The zero-order valence-electron chi connectivity index (χ0n) is 9.28. The van der Waals surface area contributed by atoms with E-state index < -0.39 is 0 Å². The number of hydrogen-bond acceptors (Lipinski definition) is 3. The molecule has 0 aromatic carbocycles. The standard InChI is InChI=1S/C10H15BNO2S/c1-9(10(2,6-15)11-9)4-7-5-12(3)8(13)14-7/h5,15H,4,6H2,1-3H3. The molecule has 1 fully saturated rings. The summed E-state index contributed by atoms with van der Waals surface area (Å²) in [5, 5.41) is 0.288. The molecule has 1 aromatic heterocycles. The van der Waals surface area contributed by atoms with Crippen LogP contribution in [0.2, 0.25) is 10.6 Å². The molecule has 1 radical (unpaired) electrons. The number of aromatic nitrogens is 1. The van der Waals surface area contributed by atoms with Crippen LogP contribution in [0.3, 0.4) is 0 Å². The van der Waals surface area contributed by atoms with E-state index in [0.717, 1.165) is 17.9 Å². The maximum absolute atomic E-state index is 11.1. The van der Waals surface area contributed by atoms with Crippen molar-refractivity contribution in [2.45, 2.75) is 30.9 Å². The largest absolute Gasteiger partial charge is 0.418 e. The van der Waals surface area contributed by atoms with Crippen LogP contribution in [-0.4, -0.2) is 17.6 Å². The van der Waals surface area contributed by atoms with E-state index in [4.69, 9.17) is 4.42 Å². The van der Waals surface area contributed by atoms with Crippen molar-refractivity contribution in [1.82, 2.24) is 4.57 Å². The van der Waals surface area contributed by atoms with Gasteiger partial charge >= 0.3 is 5.76 Å². The van der Waals surface area contributed by atoms with Gasteiger partial charge in [0.1, 0.15) is 13.0 Å². The Labute approximate surface area is 95.5 Å². The lowest BCUT2D eigenvalue weighted by Crippen LogP contribution is -2.07. The Hall–Kier alpha value is -0.575. The third kappa shape index (κ3) is 1.67. The Morgan fingerprint density at radius 2 is 2.20 bits per heavy atom. The average Bonchev–Trinajstić information content (AvgIpc) is 2.53. The lowest BCUT2D eigenvalue weighted by Gasteiger charge is -2.16. The molecule has 0 bridgehead atoms. The van der Waals surface area contributed by atoms with Crippen molar-refractivity contribution < 1.29 is 4.42 Å². The zero-order valence-corrected chi connectivity index (χ0v) is 10.2. The van der Waals surface area contributed by atoms with Crippen LogP contribution >= 0.6 is 12.6 Å². The summed E-state index contributed by atoms with van der Waals surface area (Å²) < 4.78 is 6.60. The molecule has 0 amide bonds. The fourth-order valence-corrected chi connectivity index (χ4v) is 2.52. The van der Waals surface area contributed by atoms with E-state index in [1.807, 2.05) is 0 Å². The van der Waals surface area contributed by atoms with Gasteiger partial charge in [0.05, 0.1) is 0 Å². The predicted molar refractivity (Wildman–Crippen MR) is 64.0 cm³/mol. The lowest BCUT2D eigenvalue weighted by atomic mass is 9.86. The monoisotopic (exact) mass is 224 g/mol. The first-order chi connectivity index (χ1) is 6.90. The summed E-state index contributed by atoms with van der Waals surface area (Å²) in [4.78, 5) is 11.1. The van der Waals surface area contributed by atoms with Crippen molar-refractivity contribution in [2.24, 2.45) is 7.05 Å². The summed E-state index contributed by atoms with van der Waals surface area (Å²) in [5.74, 6) is 1.30. The van der Waals surface area contributed by atoms with Crippen molar-refractivity contribution in [2.75, 3.05) is 5.75 Å². The van der Waals surface area contributed by atoms with Gasteiger partial charge in [-0.3, -0.25) is 4.57 Å². The molecule has 5 heteroatoms. The topological polar surface area (TPSA) is 35.1 Å². The normalized spacial score (nSPS) is 33.9. The number of rotatable bonds is 3. The molecular weight excluding hydrogens is 209 g/mol. The number of aryl methyl sites for hydroxylation is 1. The van der Waals surface area contributed by atoms with Gasteiger partial charge in [-0.2, -0.15) is 12.6 Å². The van der Waals surface area contributed by atoms with Crippen LogP contribution in [0.1, 0.15) is 19.6 Å². The quantitative estimate of drug-likeness (QED) is 0.624. The van der Waals surface area contributed by atoms with E-state index in [2.05, 4.69) is 33.8 Å². The molecule has 1 saturated heterocycles. The molecule has 0 aliphatic carbocycles. The van der Waals surface area contributed by atoms with Gasteiger partial charge in [0.2, 0.25) is 0 Å². The van der Waals surface area contributed by atoms with Gasteiger partial charge in [-0.15, -0.1) is 0 Å². The van der Waals surface area contributed by atoms with Crippen LogP contribution in [0, 0.1) is 0 Å². The highest BCUT2D eigenvalue weighted by Crippen LogP contribution is 2.69. The smallest absolute Gasteiger partial charge is 0.413 e. The number of oxazole rings is 1.